The van der Waals surface area contributed by atoms with E-state index in [4.69, 9.17) is 9.47 Å². The van der Waals surface area contributed by atoms with E-state index in [1.165, 1.54) is 4.90 Å². The van der Waals surface area contributed by atoms with E-state index >= 15 is 0 Å². The van der Waals surface area contributed by atoms with Crippen molar-refractivity contribution in [3.05, 3.63) is 29.8 Å². The van der Waals surface area contributed by atoms with Crippen LogP contribution in [0, 0.1) is 0 Å². The molecule has 1 rings (SSSR count). The molecule has 0 bridgehead atoms. The number of rotatable bonds is 5. The standard InChI is InChI=1S/C14H21NO3/c1-11(2)12-6-5-7-13(10-12)18-14(16)15(3)8-9-17-4/h5-7,10-11H,8-9H2,1-4H3. The van der Waals surface area contributed by atoms with Gasteiger partial charge in [0.2, 0.25) is 0 Å². The fourth-order valence-corrected chi connectivity index (χ4v) is 1.44. The molecule has 0 N–H and O–H groups in total. The van der Waals surface area contributed by atoms with Gasteiger partial charge in [0.15, 0.2) is 0 Å². The number of hydrogen-bond acceptors (Lipinski definition) is 3. The Morgan fingerprint density at radius 2 is 2.11 bits per heavy atom. The molecule has 100 valence electrons. The van der Waals surface area contributed by atoms with Crippen molar-refractivity contribution < 1.29 is 14.3 Å². The van der Waals surface area contributed by atoms with Crippen LogP contribution in [0.15, 0.2) is 24.3 Å². The minimum absolute atomic E-state index is 0.368. The Kier molecular flexibility index (Phi) is 5.65. The second-order valence-electron chi connectivity index (χ2n) is 4.51. The van der Waals surface area contributed by atoms with E-state index in [1.54, 1.807) is 20.2 Å². The minimum Gasteiger partial charge on any atom is -0.410 e. The molecular weight excluding hydrogens is 230 g/mol. The summed E-state index contributed by atoms with van der Waals surface area (Å²) in [6.07, 6.45) is -0.368. The fourth-order valence-electron chi connectivity index (χ4n) is 1.44. The van der Waals surface area contributed by atoms with Crippen molar-refractivity contribution in [2.45, 2.75) is 19.8 Å². The lowest BCUT2D eigenvalue weighted by molar-refractivity contribution is 0.135. The van der Waals surface area contributed by atoms with Gasteiger partial charge in [-0.2, -0.15) is 0 Å². The summed E-state index contributed by atoms with van der Waals surface area (Å²) in [4.78, 5) is 13.2. The lowest BCUT2D eigenvalue weighted by Gasteiger charge is -2.16. The van der Waals surface area contributed by atoms with Crippen LogP contribution in [0.2, 0.25) is 0 Å². The van der Waals surface area contributed by atoms with Gasteiger partial charge < -0.3 is 14.4 Å². The Labute approximate surface area is 108 Å². The molecule has 1 aromatic carbocycles. The average molecular weight is 251 g/mol. The lowest BCUT2D eigenvalue weighted by Crippen LogP contribution is -2.32. The van der Waals surface area contributed by atoms with Crippen LogP contribution < -0.4 is 4.74 Å². The molecule has 0 saturated heterocycles. The summed E-state index contributed by atoms with van der Waals surface area (Å²) < 4.78 is 10.2. The van der Waals surface area contributed by atoms with E-state index < -0.39 is 0 Å². The van der Waals surface area contributed by atoms with Crippen molar-refractivity contribution in [2.24, 2.45) is 0 Å². The van der Waals surface area contributed by atoms with Gasteiger partial charge in [0.1, 0.15) is 5.75 Å². The van der Waals surface area contributed by atoms with Crippen molar-refractivity contribution in [3.8, 4) is 5.75 Å². The van der Waals surface area contributed by atoms with Gasteiger partial charge in [-0.25, -0.2) is 4.79 Å². The topological polar surface area (TPSA) is 38.8 Å². The highest BCUT2D eigenvalue weighted by Crippen LogP contribution is 2.20. The Hall–Kier alpha value is -1.55. The summed E-state index contributed by atoms with van der Waals surface area (Å²) in [5.74, 6) is 0.991. The van der Waals surface area contributed by atoms with Crippen LogP contribution >= 0.6 is 0 Å². The number of carbonyl (C=O) groups excluding carboxylic acids is 1. The van der Waals surface area contributed by atoms with Crippen LogP contribution in [-0.4, -0.2) is 38.3 Å². The second-order valence-corrected chi connectivity index (χ2v) is 4.51. The largest absolute Gasteiger partial charge is 0.415 e. The zero-order valence-corrected chi connectivity index (χ0v) is 11.5. The molecule has 1 amide bonds. The molecular formula is C14H21NO3. The molecule has 0 aromatic heterocycles. The van der Waals surface area contributed by atoms with Crippen LogP contribution in [0.3, 0.4) is 0 Å². The van der Waals surface area contributed by atoms with Gasteiger partial charge in [-0.3, -0.25) is 0 Å². The number of nitrogens with zero attached hydrogens (tertiary/aromatic N) is 1. The van der Waals surface area contributed by atoms with Crippen LogP contribution in [0.4, 0.5) is 4.79 Å². The van der Waals surface area contributed by atoms with Gasteiger partial charge in [0.05, 0.1) is 6.61 Å². The number of ether oxygens (including phenoxy) is 2. The zero-order valence-electron chi connectivity index (χ0n) is 11.5. The van der Waals surface area contributed by atoms with E-state index in [2.05, 4.69) is 13.8 Å². The molecule has 0 fully saturated rings. The van der Waals surface area contributed by atoms with Gasteiger partial charge in [0.25, 0.3) is 0 Å². The molecule has 0 saturated carbocycles. The quantitative estimate of drug-likeness (QED) is 0.807. The normalized spacial score (nSPS) is 10.5. The SMILES string of the molecule is COCCN(C)C(=O)Oc1cccc(C(C)C)c1. The predicted octanol–water partition coefficient (Wildman–Crippen LogP) is 2.89. The van der Waals surface area contributed by atoms with Crippen LogP contribution in [0.5, 0.6) is 5.75 Å². The Morgan fingerprint density at radius 3 is 2.72 bits per heavy atom. The number of carbonyl (C=O) groups is 1. The number of benzene rings is 1. The summed E-state index contributed by atoms with van der Waals surface area (Å²) in [6.45, 7) is 5.22. The van der Waals surface area contributed by atoms with E-state index in [-0.39, 0.29) is 6.09 Å². The van der Waals surface area contributed by atoms with E-state index in [1.807, 2.05) is 18.2 Å². The van der Waals surface area contributed by atoms with Crippen LogP contribution in [0.25, 0.3) is 0 Å². The second kappa shape index (κ2) is 7.01. The Morgan fingerprint density at radius 1 is 1.39 bits per heavy atom. The lowest BCUT2D eigenvalue weighted by atomic mass is 10.0. The molecule has 0 aliphatic heterocycles. The Balaban J connectivity index is 2.61. The third-order valence-corrected chi connectivity index (χ3v) is 2.67. The molecule has 0 aliphatic rings. The van der Waals surface area contributed by atoms with Gasteiger partial charge in [0, 0.05) is 20.7 Å². The number of hydrogen-bond donors (Lipinski definition) is 0. The Bertz CT molecular complexity index is 390. The first-order valence-corrected chi connectivity index (χ1v) is 6.06. The monoisotopic (exact) mass is 251 g/mol. The van der Waals surface area contributed by atoms with Crippen LogP contribution in [0.1, 0.15) is 25.3 Å². The number of likely N-dealkylation sites (N-methyl/N-ethyl adjacent to an activating group) is 1. The summed E-state index contributed by atoms with van der Waals surface area (Å²) >= 11 is 0. The molecule has 0 heterocycles. The maximum Gasteiger partial charge on any atom is 0.415 e. The zero-order chi connectivity index (χ0) is 13.5. The third-order valence-electron chi connectivity index (χ3n) is 2.67. The number of methoxy groups -OCH3 is 1. The molecule has 4 heteroatoms. The van der Waals surface area contributed by atoms with Crippen LogP contribution in [-0.2, 0) is 4.74 Å². The predicted molar refractivity (Wildman–Crippen MR) is 71.1 cm³/mol. The highest BCUT2D eigenvalue weighted by atomic mass is 16.6. The smallest absolute Gasteiger partial charge is 0.410 e. The molecule has 0 atom stereocenters. The van der Waals surface area contributed by atoms with E-state index in [0.717, 1.165) is 5.56 Å². The highest BCUT2D eigenvalue weighted by Gasteiger charge is 2.11. The van der Waals surface area contributed by atoms with Crippen molar-refractivity contribution in [2.75, 3.05) is 27.3 Å². The van der Waals surface area contributed by atoms with E-state index in [0.29, 0.717) is 24.8 Å². The molecule has 18 heavy (non-hydrogen) atoms. The van der Waals surface area contributed by atoms with Gasteiger partial charge >= 0.3 is 6.09 Å². The minimum atomic E-state index is -0.368. The fraction of sp³-hybridized carbons (Fsp3) is 0.500. The van der Waals surface area contributed by atoms with Gasteiger partial charge in [-0.05, 0) is 23.6 Å². The molecule has 0 unspecified atom stereocenters. The molecule has 0 spiro atoms. The summed E-state index contributed by atoms with van der Waals surface area (Å²) in [7, 11) is 3.29. The van der Waals surface area contributed by atoms with Crippen molar-refractivity contribution in [3.63, 3.8) is 0 Å². The maximum atomic E-state index is 11.7. The average Bonchev–Trinajstić information content (AvgIpc) is 2.36. The van der Waals surface area contributed by atoms with Gasteiger partial charge in [-0.1, -0.05) is 26.0 Å². The molecule has 0 radical (unpaired) electrons. The third kappa shape index (κ3) is 4.37. The summed E-state index contributed by atoms with van der Waals surface area (Å²) in [5.41, 5.74) is 1.15. The first kappa shape index (κ1) is 14.5. The first-order chi connectivity index (χ1) is 8.54. The first-order valence-electron chi connectivity index (χ1n) is 6.06. The van der Waals surface area contributed by atoms with Crippen molar-refractivity contribution >= 4 is 6.09 Å². The summed E-state index contributed by atoms with van der Waals surface area (Å²) in [6, 6.07) is 7.60. The number of amides is 1. The van der Waals surface area contributed by atoms with Gasteiger partial charge in [-0.15, -0.1) is 0 Å². The van der Waals surface area contributed by atoms with E-state index in [9.17, 15) is 4.79 Å². The molecule has 4 nitrogen and oxygen atoms in total. The van der Waals surface area contributed by atoms with Crippen molar-refractivity contribution in [1.82, 2.24) is 4.90 Å². The molecule has 0 aliphatic carbocycles. The highest BCUT2D eigenvalue weighted by molar-refractivity contribution is 5.70. The summed E-state index contributed by atoms with van der Waals surface area (Å²) in [5, 5.41) is 0. The maximum absolute atomic E-state index is 11.7. The molecule has 1 aromatic rings. The van der Waals surface area contributed by atoms with Crippen molar-refractivity contribution in [1.29, 1.82) is 0 Å².